The van der Waals surface area contributed by atoms with Crippen LogP contribution in [0.4, 0.5) is 11.4 Å². The van der Waals surface area contributed by atoms with E-state index in [2.05, 4.69) is 10.2 Å². The van der Waals surface area contributed by atoms with E-state index in [-0.39, 0.29) is 12.0 Å². The lowest BCUT2D eigenvalue weighted by Crippen LogP contribution is -2.41. The number of hydrogen-bond acceptors (Lipinski definition) is 5. The van der Waals surface area contributed by atoms with E-state index in [1.807, 2.05) is 44.3 Å². The van der Waals surface area contributed by atoms with Crippen LogP contribution in [0.2, 0.25) is 0 Å². The Hall–Kier alpha value is -4.00. The van der Waals surface area contributed by atoms with E-state index in [1.54, 1.807) is 50.2 Å². The molecule has 1 amide bonds. The van der Waals surface area contributed by atoms with Crippen LogP contribution in [0.3, 0.4) is 0 Å². The van der Waals surface area contributed by atoms with Gasteiger partial charge in [-0.25, -0.2) is 0 Å². The average Bonchev–Trinajstić information content (AvgIpc) is 2.84. The number of para-hydroxylation sites is 2. The summed E-state index contributed by atoms with van der Waals surface area (Å²) in [5.41, 5.74) is 2.52. The van der Waals surface area contributed by atoms with Crippen LogP contribution in [-0.4, -0.2) is 43.3 Å². The van der Waals surface area contributed by atoms with Crippen molar-refractivity contribution in [2.24, 2.45) is 0 Å². The lowest BCUT2D eigenvalue weighted by Gasteiger charge is -2.33. The predicted octanol–water partition coefficient (Wildman–Crippen LogP) is 4.89. The minimum atomic E-state index is -1.06. The summed E-state index contributed by atoms with van der Waals surface area (Å²) in [5, 5.41) is 12.4. The molecule has 0 bridgehead atoms. The summed E-state index contributed by atoms with van der Waals surface area (Å²) in [7, 11) is 2.03. The third kappa shape index (κ3) is 5.24. The van der Waals surface area contributed by atoms with Gasteiger partial charge in [0, 0.05) is 18.3 Å². The quantitative estimate of drug-likeness (QED) is 0.507. The molecule has 3 aromatic rings. The van der Waals surface area contributed by atoms with Crippen LogP contribution in [0.5, 0.6) is 11.5 Å². The SMILES string of the molecule is Cc1ccc(C(C)(C)C(=O)O)cc1NC(=O)c1ccc(OC[C@@H]2CN(C)c3ccccc3O2)cc1. The number of carbonyl (C=O) groups is 2. The molecule has 0 aromatic heterocycles. The van der Waals surface area contributed by atoms with Crippen molar-refractivity contribution in [1.82, 2.24) is 0 Å². The Morgan fingerprint density at radius 3 is 2.54 bits per heavy atom. The molecule has 7 heteroatoms. The molecule has 35 heavy (non-hydrogen) atoms. The number of hydrogen-bond donors (Lipinski definition) is 2. The molecular weight excluding hydrogens is 444 g/mol. The number of aliphatic carboxylic acids is 1. The number of carboxylic acid groups (broad SMARTS) is 1. The van der Waals surface area contributed by atoms with Gasteiger partial charge in [-0.3, -0.25) is 9.59 Å². The Morgan fingerprint density at radius 1 is 1.11 bits per heavy atom. The van der Waals surface area contributed by atoms with Gasteiger partial charge in [-0.15, -0.1) is 0 Å². The molecule has 2 N–H and O–H groups in total. The summed E-state index contributed by atoms with van der Waals surface area (Å²) in [6, 6.07) is 20.1. The van der Waals surface area contributed by atoms with E-state index >= 15 is 0 Å². The van der Waals surface area contributed by atoms with Crippen molar-refractivity contribution >= 4 is 23.3 Å². The Balaban J connectivity index is 1.38. The molecule has 0 fully saturated rings. The second-order valence-corrected chi connectivity index (χ2v) is 9.34. The maximum Gasteiger partial charge on any atom is 0.313 e. The first kappa shape index (κ1) is 24.1. The highest BCUT2D eigenvalue weighted by Gasteiger charge is 2.30. The third-order valence-corrected chi connectivity index (χ3v) is 6.34. The monoisotopic (exact) mass is 474 g/mol. The number of nitrogens with zero attached hydrogens (tertiary/aromatic N) is 1. The molecule has 4 rings (SSSR count). The predicted molar refractivity (Wildman–Crippen MR) is 136 cm³/mol. The van der Waals surface area contributed by atoms with Crippen LogP contribution in [0, 0.1) is 6.92 Å². The Labute approximate surface area is 205 Å². The minimum Gasteiger partial charge on any atom is -0.490 e. The lowest BCUT2D eigenvalue weighted by molar-refractivity contribution is -0.142. The van der Waals surface area contributed by atoms with Gasteiger partial charge in [0.15, 0.2) is 0 Å². The van der Waals surface area contributed by atoms with Crippen molar-refractivity contribution in [3.63, 3.8) is 0 Å². The smallest absolute Gasteiger partial charge is 0.313 e. The first-order valence-electron chi connectivity index (χ1n) is 11.5. The van der Waals surface area contributed by atoms with Gasteiger partial charge in [0.05, 0.1) is 17.6 Å². The van der Waals surface area contributed by atoms with E-state index in [1.165, 1.54) is 0 Å². The van der Waals surface area contributed by atoms with Gasteiger partial charge < -0.3 is 24.8 Å². The van der Waals surface area contributed by atoms with Crippen molar-refractivity contribution in [2.45, 2.75) is 32.3 Å². The largest absolute Gasteiger partial charge is 0.490 e. The number of benzene rings is 3. The zero-order valence-corrected chi connectivity index (χ0v) is 20.4. The van der Waals surface area contributed by atoms with E-state index < -0.39 is 11.4 Å². The molecule has 0 spiro atoms. The number of rotatable bonds is 7. The van der Waals surface area contributed by atoms with Gasteiger partial charge in [-0.2, -0.15) is 0 Å². The standard InChI is InChI=1S/C28H30N2O5/c1-18-9-12-20(28(2,3)27(32)33)15-23(18)29-26(31)19-10-13-21(14-11-19)34-17-22-16-30(4)24-7-5-6-8-25(24)35-22/h5-15,22H,16-17H2,1-4H3,(H,29,31)(H,32,33)/t22-/m0/s1. The zero-order valence-electron chi connectivity index (χ0n) is 20.4. The number of fused-ring (bicyclic) bond motifs is 1. The second kappa shape index (κ2) is 9.70. The van der Waals surface area contributed by atoms with Crippen molar-refractivity contribution < 1.29 is 24.2 Å². The summed E-state index contributed by atoms with van der Waals surface area (Å²) in [5.74, 6) is 0.281. The Bertz CT molecular complexity index is 1240. The molecule has 0 saturated heterocycles. The number of ether oxygens (including phenoxy) is 2. The molecule has 1 heterocycles. The second-order valence-electron chi connectivity index (χ2n) is 9.34. The molecule has 1 atom stereocenters. The number of aryl methyl sites for hydroxylation is 1. The molecule has 0 aliphatic carbocycles. The molecule has 1 aliphatic rings. The van der Waals surface area contributed by atoms with Crippen molar-refractivity contribution in [1.29, 1.82) is 0 Å². The molecule has 7 nitrogen and oxygen atoms in total. The summed E-state index contributed by atoms with van der Waals surface area (Å²) in [4.78, 5) is 26.6. The molecule has 0 saturated carbocycles. The van der Waals surface area contributed by atoms with E-state index in [0.29, 0.717) is 35.7 Å². The number of nitrogens with one attached hydrogen (secondary N) is 1. The van der Waals surface area contributed by atoms with Crippen molar-refractivity contribution in [3.05, 3.63) is 83.4 Å². The average molecular weight is 475 g/mol. The van der Waals surface area contributed by atoms with Crippen LogP contribution in [0.1, 0.15) is 35.3 Å². The van der Waals surface area contributed by atoms with E-state index in [9.17, 15) is 14.7 Å². The minimum absolute atomic E-state index is 0.108. The summed E-state index contributed by atoms with van der Waals surface area (Å²) in [6.45, 7) is 6.25. The maximum absolute atomic E-state index is 12.8. The molecule has 3 aromatic carbocycles. The summed E-state index contributed by atoms with van der Waals surface area (Å²) in [6.07, 6.45) is -0.108. The first-order valence-corrected chi connectivity index (χ1v) is 11.5. The summed E-state index contributed by atoms with van der Waals surface area (Å²) >= 11 is 0. The Morgan fingerprint density at radius 2 is 1.83 bits per heavy atom. The first-order chi connectivity index (χ1) is 16.6. The molecule has 182 valence electrons. The molecule has 0 unspecified atom stereocenters. The van der Waals surface area contributed by atoms with Crippen LogP contribution >= 0.6 is 0 Å². The van der Waals surface area contributed by atoms with Gasteiger partial charge in [-0.1, -0.05) is 24.3 Å². The number of likely N-dealkylation sites (N-methyl/N-ethyl adjacent to an activating group) is 1. The number of amides is 1. The normalized spacial score (nSPS) is 15.1. The summed E-state index contributed by atoms with van der Waals surface area (Å²) < 4.78 is 12.0. The fourth-order valence-corrected chi connectivity index (χ4v) is 3.93. The zero-order chi connectivity index (χ0) is 25.2. The molecular formula is C28H30N2O5. The van der Waals surface area contributed by atoms with Gasteiger partial charge in [-0.05, 0) is 74.4 Å². The fraction of sp³-hybridized carbons (Fsp3) is 0.286. The van der Waals surface area contributed by atoms with Crippen LogP contribution in [0.25, 0.3) is 0 Å². The lowest BCUT2D eigenvalue weighted by atomic mass is 9.84. The third-order valence-electron chi connectivity index (χ3n) is 6.34. The maximum atomic E-state index is 12.8. The van der Waals surface area contributed by atoms with Gasteiger partial charge in [0.1, 0.15) is 24.2 Å². The molecule has 1 aliphatic heterocycles. The highest BCUT2D eigenvalue weighted by molar-refractivity contribution is 6.04. The van der Waals surface area contributed by atoms with Crippen molar-refractivity contribution in [3.8, 4) is 11.5 Å². The topological polar surface area (TPSA) is 88.1 Å². The van der Waals surface area contributed by atoms with Crippen molar-refractivity contribution in [2.75, 3.05) is 30.4 Å². The number of carboxylic acids is 1. The van der Waals surface area contributed by atoms with E-state index in [0.717, 1.165) is 17.0 Å². The molecule has 0 radical (unpaired) electrons. The Kier molecular flexibility index (Phi) is 6.69. The fourth-order valence-electron chi connectivity index (χ4n) is 3.93. The number of anilines is 2. The van der Waals surface area contributed by atoms with Gasteiger partial charge in [0.2, 0.25) is 0 Å². The van der Waals surface area contributed by atoms with Gasteiger partial charge >= 0.3 is 5.97 Å². The van der Waals surface area contributed by atoms with E-state index in [4.69, 9.17) is 9.47 Å². The number of carbonyl (C=O) groups excluding carboxylic acids is 1. The highest BCUT2D eigenvalue weighted by Crippen LogP contribution is 2.32. The van der Waals surface area contributed by atoms with Crippen LogP contribution in [0.15, 0.2) is 66.7 Å². The van der Waals surface area contributed by atoms with Crippen LogP contribution < -0.4 is 19.7 Å². The van der Waals surface area contributed by atoms with Crippen LogP contribution in [-0.2, 0) is 10.2 Å². The van der Waals surface area contributed by atoms with Gasteiger partial charge in [0.25, 0.3) is 5.91 Å². The highest BCUT2D eigenvalue weighted by atomic mass is 16.5.